The third-order valence-corrected chi connectivity index (χ3v) is 5.98. The molecule has 2 aromatic rings. The maximum atomic E-state index is 9.90. The average molecular weight is 374 g/mol. The molecule has 3 fully saturated rings. The smallest absolute Gasteiger partial charge is 0.224 e. The highest BCUT2D eigenvalue weighted by molar-refractivity contribution is 5.84. The summed E-state index contributed by atoms with van der Waals surface area (Å²) in [6.45, 7) is 5.92. The van der Waals surface area contributed by atoms with Crippen LogP contribution in [0.1, 0.15) is 46.1 Å². The van der Waals surface area contributed by atoms with Gasteiger partial charge in [-0.2, -0.15) is 9.97 Å². The molecule has 3 heterocycles. The third-order valence-electron chi connectivity index (χ3n) is 5.98. The molecule has 2 saturated carbocycles. The number of aliphatic hydroxyl groups is 1. The Morgan fingerprint density at radius 2 is 2.11 bits per heavy atom. The van der Waals surface area contributed by atoms with Crippen LogP contribution in [-0.4, -0.2) is 54.8 Å². The lowest BCUT2D eigenvalue weighted by atomic mass is 9.96. The quantitative estimate of drug-likeness (QED) is 0.735. The first-order valence-corrected chi connectivity index (χ1v) is 9.56. The molecule has 0 bridgehead atoms. The predicted octanol–water partition coefficient (Wildman–Crippen LogP) is 1.45. The zero-order valence-corrected chi connectivity index (χ0v) is 15.8. The second kappa shape index (κ2) is 5.52. The first-order valence-electron chi connectivity index (χ1n) is 9.56. The number of imidazole rings is 1. The van der Waals surface area contributed by atoms with Gasteiger partial charge < -0.3 is 30.2 Å². The Labute approximate surface area is 157 Å². The van der Waals surface area contributed by atoms with Crippen molar-refractivity contribution in [2.45, 2.75) is 69.6 Å². The van der Waals surface area contributed by atoms with Crippen LogP contribution >= 0.6 is 0 Å². The molecule has 5 rings (SSSR count). The molecule has 2 aliphatic carbocycles. The van der Waals surface area contributed by atoms with Crippen LogP contribution < -0.4 is 11.1 Å². The van der Waals surface area contributed by atoms with Gasteiger partial charge in [0.15, 0.2) is 22.8 Å². The van der Waals surface area contributed by atoms with Crippen molar-refractivity contribution in [3.8, 4) is 0 Å². The van der Waals surface area contributed by atoms with E-state index >= 15 is 0 Å². The van der Waals surface area contributed by atoms with Crippen LogP contribution in [0, 0.1) is 5.92 Å². The van der Waals surface area contributed by atoms with Gasteiger partial charge in [0.25, 0.3) is 0 Å². The standard InChI is InChI=1S/C18H26N6O3/c1-17(2)26-13-9(7-25)6-11(18(13,3)27-17)24-8-20-12-14(21-10-4-5-10)22-16(19)23-15(12)24/h8-11,13,25H,4-7H2,1-3H3,(H3,19,21,22,23)/t9-,11-,13-,18+/m1/s1. The van der Waals surface area contributed by atoms with Gasteiger partial charge in [-0.25, -0.2) is 4.98 Å². The number of aromatic nitrogens is 4. The Kier molecular flexibility index (Phi) is 3.51. The van der Waals surface area contributed by atoms with Gasteiger partial charge >= 0.3 is 0 Å². The molecule has 0 spiro atoms. The summed E-state index contributed by atoms with van der Waals surface area (Å²) in [7, 11) is 0. The molecule has 4 N–H and O–H groups in total. The number of nitrogens with one attached hydrogen (secondary N) is 1. The fraction of sp³-hybridized carbons (Fsp3) is 0.722. The highest BCUT2D eigenvalue weighted by atomic mass is 16.8. The van der Waals surface area contributed by atoms with Crippen LogP contribution in [0.25, 0.3) is 11.2 Å². The average Bonchev–Trinajstić information content (AvgIpc) is 3.16. The summed E-state index contributed by atoms with van der Waals surface area (Å²) in [5, 5.41) is 13.3. The minimum atomic E-state index is -0.700. The van der Waals surface area contributed by atoms with Crippen LogP contribution in [0.2, 0.25) is 0 Å². The first kappa shape index (κ1) is 17.2. The lowest BCUT2D eigenvalue weighted by Crippen LogP contribution is -2.41. The molecule has 1 saturated heterocycles. The van der Waals surface area contributed by atoms with Crippen molar-refractivity contribution >= 4 is 22.9 Å². The number of nitrogens with two attached hydrogens (primary N) is 1. The van der Waals surface area contributed by atoms with Crippen LogP contribution in [0.4, 0.5) is 11.8 Å². The van der Waals surface area contributed by atoms with E-state index in [4.69, 9.17) is 15.2 Å². The molecule has 0 radical (unpaired) electrons. The molecule has 0 aromatic carbocycles. The van der Waals surface area contributed by atoms with E-state index in [2.05, 4.69) is 20.3 Å². The van der Waals surface area contributed by atoms with E-state index in [0.29, 0.717) is 29.4 Å². The van der Waals surface area contributed by atoms with E-state index in [-0.39, 0.29) is 30.6 Å². The summed E-state index contributed by atoms with van der Waals surface area (Å²) in [5.74, 6) is 0.187. The normalized spacial score (nSPS) is 34.9. The van der Waals surface area contributed by atoms with Crippen LogP contribution in [0.5, 0.6) is 0 Å². The molecule has 0 unspecified atom stereocenters. The van der Waals surface area contributed by atoms with Crippen molar-refractivity contribution in [2.75, 3.05) is 17.7 Å². The Hall–Kier alpha value is -1.97. The molecule has 0 amide bonds. The zero-order valence-electron chi connectivity index (χ0n) is 15.8. The summed E-state index contributed by atoms with van der Waals surface area (Å²) in [5.41, 5.74) is 6.79. The second-order valence-electron chi connectivity index (χ2n) is 8.59. The Bertz CT molecular complexity index is 895. The van der Waals surface area contributed by atoms with Gasteiger partial charge in [0.1, 0.15) is 5.60 Å². The Morgan fingerprint density at radius 3 is 2.81 bits per heavy atom. The van der Waals surface area contributed by atoms with E-state index in [1.807, 2.05) is 25.3 Å². The van der Waals surface area contributed by atoms with Crippen molar-refractivity contribution < 1.29 is 14.6 Å². The number of nitrogens with zero attached hydrogens (tertiary/aromatic N) is 4. The second-order valence-corrected chi connectivity index (χ2v) is 8.59. The largest absolute Gasteiger partial charge is 0.396 e. The molecular formula is C18H26N6O3. The topological polar surface area (TPSA) is 120 Å². The molecule has 9 nitrogen and oxygen atoms in total. The molecular weight excluding hydrogens is 348 g/mol. The number of anilines is 2. The summed E-state index contributed by atoms with van der Waals surface area (Å²) < 4.78 is 14.5. The monoisotopic (exact) mass is 374 g/mol. The zero-order chi connectivity index (χ0) is 19.0. The number of fused-ring (bicyclic) bond motifs is 2. The summed E-state index contributed by atoms with van der Waals surface area (Å²) in [4.78, 5) is 13.4. The van der Waals surface area contributed by atoms with Crippen molar-refractivity contribution in [3.05, 3.63) is 6.33 Å². The third kappa shape index (κ3) is 2.60. The van der Waals surface area contributed by atoms with E-state index in [0.717, 1.165) is 12.8 Å². The van der Waals surface area contributed by atoms with Gasteiger partial charge in [0.05, 0.1) is 18.5 Å². The molecule has 4 atom stereocenters. The number of hydrogen-bond donors (Lipinski definition) is 3. The molecule has 146 valence electrons. The van der Waals surface area contributed by atoms with Gasteiger partial charge in [-0.3, -0.25) is 0 Å². The number of nitrogen functional groups attached to an aromatic ring is 1. The van der Waals surface area contributed by atoms with E-state index in [9.17, 15) is 5.11 Å². The Balaban J connectivity index is 1.60. The number of rotatable bonds is 4. The minimum Gasteiger partial charge on any atom is -0.396 e. The van der Waals surface area contributed by atoms with Gasteiger partial charge in [-0.1, -0.05) is 0 Å². The Morgan fingerprint density at radius 1 is 1.33 bits per heavy atom. The SMILES string of the molecule is CC1(C)O[C@@H]2[C@@H](CO)C[C@@H](n3cnc4c(NC5CC5)nc(N)nc43)[C@]2(C)O1. The minimum absolute atomic E-state index is 0.0116. The van der Waals surface area contributed by atoms with Crippen molar-refractivity contribution in [1.29, 1.82) is 0 Å². The summed E-state index contributed by atoms with van der Waals surface area (Å²) in [6, 6.07) is 0.363. The highest BCUT2D eigenvalue weighted by Crippen LogP contribution is 2.54. The number of aliphatic hydroxyl groups excluding tert-OH is 1. The van der Waals surface area contributed by atoms with Gasteiger partial charge in [-0.05, 0) is 40.0 Å². The van der Waals surface area contributed by atoms with Gasteiger partial charge in [0, 0.05) is 18.6 Å². The van der Waals surface area contributed by atoms with Crippen molar-refractivity contribution in [3.63, 3.8) is 0 Å². The summed E-state index contributed by atoms with van der Waals surface area (Å²) >= 11 is 0. The van der Waals surface area contributed by atoms with Crippen LogP contribution in [0.15, 0.2) is 6.33 Å². The highest BCUT2D eigenvalue weighted by Gasteiger charge is 2.62. The maximum Gasteiger partial charge on any atom is 0.224 e. The van der Waals surface area contributed by atoms with Gasteiger partial charge in [-0.15, -0.1) is 0 Å². The first-order chi connectivity index (χ1) is 12.8. The number of hydrogen-bond acceptors (Lipinski definition) is 8. The lowest BCUT2D eigenvalue weighted by molar-refractivity contribution is -0.176. The lowest BCUT2D eigenvalue weighted by Gasteiger charge is -2.31. The molecule has 9 heteroatoms. The fourth-order valence-corrected chi connectivity index (χ4v) is 4.74. The van der Waals surface area contributed by atoms with Gasteiger partial charge in [0.2, 0.25) is 5.95 Å². The number of ether oxygens (including phenoxy) is 2. The summed E-state index contributed by atoms with van der Waals surface area (Å²) in [6.07, 6.45) is 4.57. The van der Waals surface area contributed by atoms with Crippen molar-refractivity contribution in [2.24, 2.45) is 5.92 Å². The molecule has 27 heavy (non-hydrogen) atoms. The molecule has 2 aromatic heterocycles. The van der Waals surface area contributed by atoms with E-state index < -0.39 is 11.4 Å². The maximum absolute atomic E-state index is 9.90. The molecule has 1 aliphatic heterocycles. The van der Waals surface area contributed by atoms with Crippen LogP contribution in [0.3, 0.4) is 0 Å². The van der Waals surface area contributed by atoms with E-state index in [1.165, 1.54) is 0 Å². The van der Waals surface area contributed by atoms with Crippen LogP contribution in [-0.2, 0) is 9.47 Å². The molecule has 3 aliphatic rings. The van der Waals surface area contributed by atoms with E-state index in [1.54, 1.807) is 6.33 Å². The fourth-order valence-electron chi connectivity index (χ4n) is 4.74. The van der Waals surface area contributed by atoms with Crippen molar-refractivity contribution in [1.82, 2.24) is 19.5 Å². The predicted molar refractivity (Wildman–Crippen MR) is 99.1 cm³/mol.